The predicted octanol–water partition coefficient (Wildman–Crippen LogP) is 5.44. The summed E-state index contributed by atoms with van der Waals surface area (Å²) in [4.78, 5) is 22.7. The maximum absolute atomic E-state index is 11.4. The van der Waals surface area contributed by atoms with E-state index in [9.17, 15) is 9.59 Å². The van der Waals surface area contributed by atoms with Crippen molar-refractivity contribution in [1.82, 2.24) is 0 Å². The predicted molar refractivity (Wildman–Crippen MR) is 97.5 cm³/mol. The van der Waals surface area contributed by atoms with Gasteiger partial charge in [-0.15, -0.1) is 0 Å². The Morgan fingerprint density at radius 2 is 1.38 bits per heavy atom. The SMILES string of the molecule is CC(=O)c1ccc(C2=CCC(c3ccc(C(C)=O)cc3)CC2)cc1. The van der Waals surface area contributed by atoms with Crippen LogP contribution in [0.3, 0.4) is 0 Å². The van der Waals surface area contributed by atoms with Crippen LogP contribution in [0.1, 0.15) is 70.9 Å². The van der Waals surface area contributed by atoms with Crippen molar-refractivity contribution in [3.05, 3.63) is 76.9 Å². The van der Waals surface area contributed by atoms with E-state index in [0.29, 0.717) is 5.92 Å². The molecule has 2 heteroatoms. The van der Waals surface area contributed by atoms with Crippen molar-refractivity contribution >= 4 is 17.1 Å². The molecule has 0 saturated carbocycles. The summed E-state index contributed by atoms with van der Waals surface area (Å²) in [6.45, 7) is 3.19. The lowest BCUT2D eigenvalue weighted by molar-refractivity contribution is 0.100. The Morgan fingerprint density at radius 3 is 1.83 bits per heavy atom. The quantitative estimate of drug-likeness (QED) is 0.703. The monoisotopic (exact) mass is 318 g/mol. The largest absolute Gasteiger partial charge is 0.295 e. The summed E-state index contributed by atoms with van der Waals surface area (Å²) in [5, 5.41) is 0. The molecule has 0 saturated heterocycles. The van der Waals surface area contributed by atoms with Crippen molar-refractivity contribution in [2.75, 3.05) is 0 Å². The molecule has 0 spiro atoms. The molecule has 2 nitrogen and oxygen atoms in total. The van der Waals surface area contributed by atoms with Gasteiger partial charge < -0.3 is 0 Å². The third-order valence-corrected chi connectivity index (χ3v) is 4.86. The van der Waals surface area contributed by atoms with Gasteiger partial charge in [-0.05, 0) is 55.7 Å². The highest BCUT2D eigenvalue weighted by Crippen LogP contribution is 2.36. The number of benzene rings is 2. The van der Waals surface area contributed by atoms with Gasteiger partial charge in [-0.25, -0.2) is 0 Å². The van der Waals surface area contributed by atoms with E-state index >= 15 is 0 Å². The molecular formula is C22H22O2. The Labute approximate surface area is 143 Å². The van der Waals surface area contributed by atoms with Crippen LogP contribution in [0.4, 0.5) is 0 Å². The Bertz CT molecular complexity index is 780. The van der Waals surface area contributed by atoms with Crippen LogP contribution < -0.4 is 0 Å². The standard InChI is InChI=1S/C22H22O2/c1-15(23)17-3-7-19(8-4-17)21-11-13-22(14-12-21)20-9-5-18(6-10-20)16(2)24/h3-11,22H,12-14H2,1-2H3. The molecule has 1 aliphatic rings. The van der Waals surface area contributed by atoms with Gasteiger partial charge in [0.1, 0.15) is 0 Å². The lowest BCUT2D eigenvalue weighted by Crippen LogP contribution is -2.05. The van der Waals surface area contributed by atoms with Crippen molar-refractivity contribution < 1.29 is 9.59 Å². The second kappa shape index (κ2) is 6.96. The van der Waals surface area contributed by atoms with E-state index in [1.807, 2.05) is 36.4 Å². The van der Waals surface area contributed by atoms with Crippen molar-refractivity contribution in [2.24, 2.45) is 0 Å². The molecule has 0 heterocycles. The highest BCUT2D eigenvalue weighted by molar-refractivity contribution is 5.94. The molecule has 0 aromatic heterocycles. The first kappa shape index (κ1) is 16.4. The van der Waals surface area contributed by atoms with Crippen LogP contribution in [0.25, 0.3) is 5.57 Å². The first-order valence-electron chi connectivity index (χ1n) is 8.46. The lowest BCUT2D eigenvalue weighted by atomic mass is 9.82. The summed E-state index contributed by atoms with van der Waals surface area (Å²) in [6.07, 6.45) is 5.48. The molecule has 3 rings (SSSR count). The average Bonchev–Trinajstić information content (AvgIpc) is 2.62. The molecular weight excluding hydrogens is 296 g/mol. The zero-order valence-corrected chi connectivity index (χ0v) is 14.2. The summed E-state index contributed by atoms with van der Waals surface area (Å²) in [5.41, 5.74) is 5.42. The number of hydrogen-bond acceptors (Lipinski definition) is 2. The topological polar surface area (TPSA) is 34.1 Å². The second-order valence-corrected chi connectivity index (χ2v) is 6.51. The van der Waals surface area contributed by atoms with Crippen LogP contribution in [0.2, 0.25) is 0 Å². The van der Waals surface area contributed by atoms with Crippen molar-refractivity contribution in [3.63, 3.8) is 0 Å². The van der Waals surface area contributed by atoms with Gasteiger partial charge in [0.05, 0.1) is 0 Å². The Morgan fingerprint density at radius 1 is 0.833 bits per heavy atom. The molecule has 1 unspecified atom stereocenters. The molecule has 2 aromatic rings. The van der Waals surface area contributed by atoms with E-state index < -0.39 is 0 Å². The zero-order chi connectivity index (χ0) is 17.1. The minimum atomic E-state index is 0.105. The van der Waals surface area contributed by atoms with E-state index in [0.717, 1.165) is 30.4 Å². The molecule has 122 valence electrons. The molecule has 24 heavy (non-hydrogen) atoms. The first-order valence-corrected chi connectivity index (χ1v) is 8.46. The summed E-state index contributed by atoms with van der Waals surface area (Å²) in [6, 6.07) is 15.9. The number of carbonyl (C=O) groups excluding carboxylic acids is 2. The van der Waals surface area contributed by atoms with Crippen LogP contribution in [0.5, 0.6) is 0 Å². The maximum Gasteiger partial charge on any atom is 0.159 e. The van der Waals surface area contributed by atoms with Crippen LogP contribution in [0, 0.1) is 0 Å². The maximum atomic E-state index is 11.4. The molecule has 1 atom stereocenters. The van der Waals surface area contributed by atoms with Crippen molar-refractivity contribution in [3.8, 4) is 0 Å². The number of Topliss-reactive ketones (excluding diaryl/α,β-unsaturated/α-hetero) is 2. The number of carbonyl (C=O) groups is 2. The molecule has 0 aliphatic heterocycles. The van der Waals surface area contributed by atoms with E-state index in [1.165, 1.54) is 16.7 Å². The molecule has 0 N–H and O–H groups in total. The second-order valence-electron chi connectivity index (χ2n) is 6.51. The fourth-order valence-corrected chi connectivity index (χ4v) is 3.31. The van der Waals surface area contributed by atoms with E-state index in [-0.39, 0.29) is 11.6 Å². The molecule has 0 radical (unpaired) electrons. The minimum Gasteiger partial charge on any atom is -0.295 e. The normalized spacial score (nSPS) is 17.2. The lowest BCUT2D eigenvalue weighted by Gasteiger charge is -2.23. The molecule has 2 aromatic carbocycles. The first-order chi connectivity index (χ1) is 11.5. The van der Waals surface area contributed by atoms with Crippen molar-refractivity contribution in [2.45, 2.75) is 39.0 Å². The van der Waals surface area contributed by atoms with E-state index in [2.05, 4.69) is 18.2 Å². The van der Waals surface area contributed by atoms with Crippen LogP contribution in [-0.4, -0.2) is 11.6 Å². The Hall–Kier alpha value is -2.48. The van der Waals surface area contributed by atoms with Gasteiger partial charge in [0.2, 0.25) is 0 Å². The summed E-state index contributed by atoms with van der Waals surface area (Å²) in [7, 11) is 0. The minimum absolute atomic E-state index is 0.105. The molecule has 0 bridgehead atoms. The summed E-state index contributed by atoms with van der Waals surface area (Å²) >= 11 is 0. The highest BCUT2D eigenvalue weighted by Gasteiger charge is 2.17. The van der Waals surface area contributed by atoms with Crippen molar-refractivity contribution in [1.29, 1.82) is 0 Å². The smallest absolute Gasteiger partial charge is 0.159 e. The van der Waals surface area contributed by atoms with Crippen LogP contribution >= 0.6 is 0 Å². The van der Waals surface area contributed by atoms with Gasteiger partial charge in [-0.1, -0.05) is 54.6 Å². The van der Waals surface area contributed by atoms with Crippen LogP contribution in [-0.2, 0) is 0 Å². The number of allylic oxidation sites excluding steroid dienone is 2. The molecule has 0 amide bonds. The Kier molecular flexibility index (Phi) is 4.75. The van der Waals surface area contributed by atoms with E-state index in [4.69, 9.17) is 0 Å². The number of hydrogen-bond donors (Lipinski definition) is 0. The number of rotatable bonds is 4. The highest BCUT2D eigenvalue weighted by atomic mass is 16.1. The molecule has 0 fully saturated rings. The van der Waals surface area contributed by atoms with Gasteiger partial charge in [0.25, 0.3) is 0 Å². The van der Waals surface area contributed by atoms with Gasteiger partial charge >= 0.3 is 0 Å². The average molecular weight is 318 g/mol. The third-order valence-electron chi connectivity index (χ3n) is 4.86. The van der Waals surface area contributed by atoms with Gasteiger partial charge in [0, 0.05) is 11.1 Å². The Balaban J connectivity index is 1.71. The third kappa shape index (κ3) is 3.53. The zero-order valence-electron chi connectivity index (χ0n) is 14.2. The van der Waals surface area contributed by atoms with Crippen LogP contribution in [0.15, 0.2) is 54.6 Å². The summed E-state index contributed by atoms with van der Waals surface area (Å²) in [5.74, 6) is 0.737. The van der Waals surface area contributed by atoms with Gasteiger partial charge in [0.15, 0.2) is 11.6 Å². The summed E-state index contributed by atoms with van der Waals surface area (Å²) < 4.78 is 0. The fourth-order valence-electron chi connectivity index (χ4n) is 3.31. The fraction of sp³-hybridized carbons (Fsp3) is 0.273. The van der Waals surface area contributed by atoms with E-state index in [1.54, 1.807) is 13.8 Å². The number of ketones is 2. The molecule has 1 aliphatic carbocycles. The van der Waals surface area contributed by atoms with Gasteiger partial charge in [-0.3, -0.25) is 9.59 Å². The van der Waals surface area contributed by atoms with Gasteiger partial charge in [-0.2, -0.15) is 0 Å².